The number of methoxy groups -OCH3 is 2. The summed E-state index contributed by atoms with van der Waals surface area (Å²) in [6, 6.07) is 20.2. The van der Waals surface area contributed by atoms with Crippen LogP contribution in [0.3, 0.4) is 0 Å². The Morgan fingerprint density at radius 3 is 2.34 bits per heavy atom. The van der Waals surface area contributed by atoms with E-state index in [9.17, 15) is 14.7 Å². The SMILES string of the molecule is COc1ccc(CN2CC[C@@]3(c4ccccc4Br)N(C(=O)OC(C)(C)C)c4ccccc4[C@@]3(O)CC2=O)c(OC)c1. The first-order valence-electron chi connectivity index (χ1n) is 13.5. The number of fused-ring (bicyclic) bond motifs is 3. The van der Waals surface area contributed by atoms with Gasteiger partial charge < -0.3 is 24.2 Å². The zero-order valence-corrected chi connectivity index (χ0v) is 25.5. The molecule has 0 bridgehead atoms. The van der Waals surface area contributed by atoms with E-state index >= 15 is 0 Å². The molecule has 41 heavy (non-hydrogen) atoms. The Morgan fingerprint density at radius 1 is 1.00 bits per heavy atom. The normalized spacial score (nSPS) is 22.1. The molecule has 1 N–H and O–H groups in total. The van der Waals surface area contributed by atoms with E-state index in [1.54, 1.807) is 42.2 Å². The van der Waals surface area contributed by atoms with Crippen LogP contribution in [0.2, 0.25) is 0 Å². The lowest BCUT2D eigenvalue weighted by molar-refractivity contribution is -0.137. The number of rotatable bonds is 5. The number of carbonyl (C=O) groups excluding carboxylic acids is 2. The van der Waals surface area contributed by atoms with Gasteiger partial charge in [0.25, 0.3) is 0 Å². The minimum atomic E-state index is -1.74. The van der Waals surface area contributed by atoms with Gasteiger partial charge in [-0.1, -0.05) is 52.3 Å². The van der Waals surface area contributed by atoms with E-state index < -0.39 is 22.8 Å². The fourth-order valence-corrected chi connectivity index (χ4v) is 6.75. The van der Waals surface area contributed by atoms with Crippen LogP contribution in [0.1, 0.15) is 50.3 Å². The molecule has 0 radical (unpaired) electrons. The van der Waals surface area contributed by atoms with Crippen LogP contribution in [0.4, 0.5) is 10.5 Å². The summed E-state index contributed by atoms with van der Waals surface area (Å²) >= 11 is 3.70. The number of likely N-dealkylation sites (tertiary alicyclic amines) is 1. The number of ether oxygens (including phenoxy) is 3. The topological polar surface area (TPSA) is 88.5 Å². The quantitative estimate of drug-likeness (QED) is 0.368. The summed E-state index contributed by atoms with van der Waals surface area (Å²) in [5, 5.41) is 12.9. The largest absolute Gasteiger partial charge is 0.497 e. The number of halogens is 1. The zero-order valence-electron chi connectivity index (χ0n) is 23.9. The molecule has 0 aromatic heterocycles. The molecule has 2 aliphatic rings. The van der Waals surface area contributed by atoms with Gasteiger partial charge in [-0.2, -0.15) is 0 Å². The average molecular weight is 624 g/mol. The molecule has 0 spiro atoms. The first kappa shape index (κ1) is 29.0. The Balaban J connectivity index is 1.67. The molecule has 0 aliphatic carbocycles. The number of amides is 2. The predicted molar refractivity (Wildman–Crippen MR) is 159 cm³/mol. The Bertz CT molecular complexity index is 1490. The van der Waals surface area contributed by atoms with E-state index in [1.807, 2.05) is 69.3 Å². The summed E-state index contributed by atoms with van der Waals surface area (Å²) in [6.07, 6.45) is -0.567. The number of nitrogens with zero attached hydrogens (tertiary/aromatic N) is 2. The summed E-state index contributed by atoms with van der Waals surface area (Å²) in [4.78, 5) is 31.4. The Hall–Kier alpha value is -3.56. The van der Waals surface area contributed by atoms with Gasteiger partial charge >= 0.3 is 6.09 Å². The molecule has 0 saturated carbocycles. The van der Waals surface area contributed by atoms with E-state index in [0.29, 0.717) is 28.3 Å². The maximum Gasteiger partial charge on any atom is 0.415 e. The number of hydrogen-bond acceptors (Lipinski definition) is 6. The minimum absolute atomic E-state index is 0.233. The lowest BCUT2D eigenvalue weighted by atomic mass is 9.70. The third kappa shape index (κ3) is 4.85. The summed E-state index contributed by atoms with van der Waals surface area (Å²) in [6.45, 7) is 5.97. The second-order valence-corrected chi connectivity index (χ2v) is 12.3. The summed E-state index contributed by atoms with van der Waals surface area (Å²) in [5.74, 6) is 1.01. The van der Waals surface area contributed by atoms with E-state index in [-0.39, 0.29) is 31.8 Å². The van der Waals surface area contributed by atoms with Gasteiger partial charge in [0.05, 0.1) is 26.3 Å². The first-order valence-corrected chi connectivity index (χ1v) is 14.3. The molecule has 0 unspecified atom stereocenters. The van der Waals surface area contributed by atoms with Crippen molar-refractivity contribution in [3.05, 3.63) is 87.9 Å². The number of anilines is 1. The highest BCUT2D eigenvalue weighted by atomic mass is 79.9. The Kier molecular flexibility index (Phi) is 7.55. The number of para-hydroxylation sites is 1. The maximum absolute atomic E-state index is 14.1. The third-order valence-electron chi connectivity index (χ3n) is 7.91. The summed E-state index contributed by atoms with van der Waals surface area (Å²) < 4.78 is 17.6. The number of benzene rings is 3. The standard InChI is InChI=1S/C32H35BrN2O6/c1-30(2,3)41-29(37)35-26-13-9-7-11-24(26)32(38)19-28(36)34(20-21-14-15-22(39-4)18-27(21)40-5)17-16-31(32,35)23-10-6-8-12-25(23)33/h6-15,18,38H,16-17,19-20H2,1-5H3/t31-,32-/m0/s1. The van der Waals surface area contributed by atoms with Crippen molar-refractivity contribution in [2.75, 3.05) is 25.7 Å². The molecule has 2 atom stereocenters. The molecule has 2 amide bonds. The average Bonchev–Trinajstić information content (AvgIpc) is 3.08. The highest BCUT2D eigenvalue weighted by molar-refractivity contribution is 9.10. The number of aliphatic hydroxyl groups is 1. The van der Waals surface area contributed by atoms with Gasteiger partial charge in [0.2, 0.25) is 5.91 Å². The molecule has 5 rings (SSSR count). The first-order chi connectivity index (χ1) is 19.4. The van der Waals surface area contributed by atoms with E-state index in [2.05, 4.69) is 15.9 Å². The van der Waals surface area contributed by atoms with Gasteiger partial charge in [-0.3, -0.25) is 9.69 Å². The molecule has 2 aliphatic heterocycles. The van der Waals surface area contributed by atoms with Gasteiger partial charge in [0, 0.05) is 34.8 Å². The van der Waals surface area contributed by atoms with Gasteiger partial charge in [-0.25, -0.2) is 4.79 Å². The lowest BCUT2D eigenvalue weighted by Gasteiger charge is -2.46. The highest BCUT2D eigenvalue weighted by Crippen LogP contribution is 2.61. The Labute approximate surface area is 248 Å². The van der Waals surface area contributed by atoms with E-state index in [0.717, 1.165) is 10.0 Å². The molecule has 2 heterocycles. The zero-order chi connectivity index (χ0) is 29.6. The highest BCUT2D eigenvalue weighted by Gasteiger charge is 2.67. The summed E-state index contributed by atoms with van der Waals surface area (Å²) in [7, 11) is 3.16. The predicted octanol–water partition coefficient (Wildman–Crippen LogP) is 6.13. The fourth-order valence-electron chi connectivity index (χ4n) is 6.14. The molecule has 216 valence electrons. The fraction of sp³-hybridized carbons (Fsp3) is 0.375. The van der Waals surface area contributed by atoms with Crippen molar-refractivity contribution >= 4 is 33.6 Å². The molecular formula is C32H35BrN2O6. The minimum Gasteiger partial charge on any atom is -0.497 e. The maximum atomic E-state index is 14.1. The summed E-state index contributed by atoms with van der Waals surface area (Å²) in [5.41, 5.74) is -1.31. The monoisotopic (exact) mass is 622 g/mol. The molecule has 8 nitrogen and oxygen atoms in total. The van der Waals surface area contributed by atoms with Crippen LogP contribution in [0.25, 0.3) is 0 Å². The second kappa shape index (κ2) is 10.7. The molecule has 1 saturated heterocycles. The Morgan fingerprint density at radius 2 is 1.68 bits per heavy atom. The second-order valence-electron chi connectivity index (χ2n) is 11.5. The van der Waals surface area contributed by atoms with Gasteiger partial charge in [-0.05, 0) is 57.0 Å². The van der Waals surface area contributed by atoms with E-state index in [4.69, 9.17) is 14.2 Å². The van der Waals surface area contributed by atoms with Gasteiger partial charge in [-0.15, -0.1) is 0 Å². The van der Waals surface area contributed by atoms with Crippen LogP contribution in [0.15, 0.2) is 71.2 Å². The molecule has 9 heteroatoms. The van der Waals surface area contributed by atoms with Crippen molar-refractivity contribution in [1.29, 1.82) is 0 Å². The van der Waals surface area contributed by atoms with Crippen molar-refractivity contribution in [2.45, 2.75) is 56.9 Å². The van der Waals surface area contributed by atoms with Crippen LogP contribution in [0, 0.1) is 0 Å². The molecule has 1 fully saturated rings. The number of hydrogen-bond donors (Lipinski definition) is 1. The van der Waals surface area contributed by atoms with Gasteiger partial charge in [0.1, 0.15) is 28.2 Å². The smallest absolute Gasteiger partial charge is 0.415 e. The van der Waals surface area contributed by atoms with Crippen molar-refractivity contribution in [3.63, 3.8) is 0 Å². The van der Waals surface area contributed by atoms with E-state index in [1.165, 1.54) is 0 Å². The van der Waals surface area contributed by atoms with Gasteiger partial charge in [0.15, 0.2) is 0 Å². The molecule has 3 aromatic carbocycles. The number of carbonyl (C=O) groups is 2. The molecule has 3 aromatic rings. The molecular weight excluding hydrogens is 588 g/mol. The van der Waals surface area contributed by atoms with Crippen LogP contribution in [0.5, 0.6) is 11.5 Å². The van der Waals surface area contributed by atoms with Crippen LogP contribution in [-0.2, 0) is 27.2 Å². The van der Waals surface area contributed by atoms with Crippen molar-refractivity contribution in [1.82, 2.24) is 4.90 Å². The van der Waals surface area contributed by atoms with Crippen molar-refractivity contribution in [3.8, 4) is 11.5 Å². The van der Waals surface area contributed by atoms with Crippen molar-refractivity contribution in [2.24, 2.45) is 0 Å². The third-order valence-corrected chi connectivity index (χ3v) is 8.60. The van der Waals surface area contributed by atoms with Crippen molar-refractivity contribution < 1.29 is 28.9 Å². The van der Waals surface area contributed by atoms with Crippen LogP contribution < -0.4 is 14.4 Å². The van der Waals surface area contributed by atoms with Crippen LogP contribution in [-0.4, -0.2) is 48.4 Å². The lowest BCUT2D eigenvalue weighted by Crippen LogP contribution is -2.58. The van der Waals surface area contributed by atoms with Crippen LogP contribution >= 0.6 is 15.9 Å².